The molecule has 0 aliphatic heterocycles. The molecule has 0 aliphatic carbocycles. The maximum atomic E-state index is 11.6. The van der Waals surface area contributed by atoms with E-state index in [9.17, 15) is 4.79 Å². The summed E-state index contributed by atoms with van der Waals surface area (Å²) in [6.07, 6.45) is 1.17. The number of rotatable bonds is 10. The van der Waals surface area contributed by atoms with Crippen molar-refractivity contribution in [2.45, 2.75) is 12.8 Å². The summed E-state index contributed by atoms with van der Waals surface area (Å²) in [6.45, 7) is 2.16. The third-order valence-corrected chi connectivity index (χ3v) is 2.78. The van der Waals surface area contributed by atoms with Crippen LogP contribution in [0.15, 0.2) is 24.3 Å². The van der Waals surface area contributed by atoms with Crippen molar-refractivity contribution in [2.75, 3.05) is 40.6 Å². The molecule has 0 saturated carbocycles. The van der Waals surface area contributed by atoms with Crippen LogP contribution in [0.3, 0.4) is 0 Å². The van der Waals surface area contributed by atoms with Gasteiger partial charge in [0.25, 0.3) is 0 Å². The van der Waals surface area contributed by atoms with Gasteiger partial charge in [0.15, 0.2) is 0 Å². The molecule has 0 unspecified atom stereocenters. The molecule has 0 bridgehead atoms. The monoisotopic (exact) mass is 281 g/mol. The third kappa shape index (κ3) is 7.11. The van der Waals surface area contributed by atoms with E-state index in [2.05, 4.69) is 5.32 Å². The molecule has 0 saturated heterocycles. The molecule has 1 amide bonds. The van der Waals surface area contributed by atoms with Crippen LogP contribution in [-0.4, -0.2) is 46.5 Å². The Hall–Kier alpha value is -1.59. The van der Waals surface area contributed by atoms with Crippen LogP contribution < -0.4 is 10.1 Å². The molecule has 1 rings (SSSR count). The molecule has 5 heteroatoms. The van der Waals surface area contributed by atoms with Crippen molar-refractivity contribution in [3.05, 3.63) is 29.8 Å². The summed E-state index contributed by atoms with van der Waals surface area (Å²) < 4.78 is 15.3. The number of ether oxygens (including phenoxy) is 3. The van der Waals surface area contributed by atoms with Crippen LogP contribution in [0.25, 0.3) is 0 Å². The molecule has 0 radical (unpaired) electrons. The fourth-order valence-corrected chi connectivity index (χ4v) is 1.68. The zero-order valence-corrected chi connectivity index (χ0v) is 12.2. The van der Waals surface area contributed by atoms with Crippen molar-refractivity contribution < 1.29 is 19.0 Å². The SMILES string of the molecule is COCCOCCNC(=O)CCc1cccc(OC)c1. The minimum atomic E-state index is 0.0307. The summed E-state index contributed by atoms with van der Waals surface area (Å²) >= 11 is 0. The Kier molecular flexibility index (Phi) is 8.42. The van der Waals surface area contributed by atoms with E-state index in [1.54, 1.807) is 14.2 Å². The van der Waals surface area contributed by atoms with Gasteiger partial charge in [0.1, 0.15) is 5.75 Å². The van der Waals surface area contributed by atoms with Gasteiger partial charge in [0.05, 0.1) is 26.9 Å². The summed E-state index contributed by atoms with van der Waals surface area (Å²) in [5, 5.41) is 2.82. The van der Waals surface area contributed by atoms with E-state index in [0.717, 1.165) is 11.3 Å². The lowest BCUT2D eigenvalue weighted by molar-refractivity contribution is -0.121. The molecule has 1 aromatic carbocycles. The smallest absolute Gasteiger partial charge is 0.220 e. The number of carbonyl (C=O) groups is 1. The minimum Gasteiger partial charge on any atom is -0.497 e. The van der Waals surface area contributed by atoms with Crippen molar-refractivity contribution in [1.29, 1.82) is 0 Å². The molecule has 0 aromatic heterocycles. The van der Waals surface area contributed by atoms with Crippen molar-refractivity contribution in [3.63, 3.8) is 0 Å². The first-order valence-corrected chi connectivity index (χ1v) is 6.72. The van der Waals surface area contributed by atoms with E-state index in [1.165, 1.54) is 0 Å². The molecule has 0 fully saturated rings. The second-order valence-corrected chi connectivity index (χ2v) is 4.31. The number of hydrogen-bond acceptors (Lipinski definition) is 4. The standard InChI is InChI=1S/C15H23NO4/c1-18-10-11-20-9-8-16-15(17)7-6-13-4-3-5-14(12-13)19-2/h3-5,12H,6-11H2,1-2H3,(H,16,17). The number of aryl methyl sites for hydroxylation is 1. The second-order valence-electron chi connectivity index (χ2n) is 4.31. The third-order valence-electron chi connectivity index (χ3n) is 2.78. The predicted octanol–water partition coefficient (Wildman–Crippen LogP) is 1.41. The van der Waals surface area contributed by atoms with E-state index >= 15 is 0 Å². The lowest BCUT2D eigenvalue weighted by atomic mass is 10.1. The number of amides is 1. The summed E-state index contributed by atoms with van der Waals surface area (Å²) in [5.74, 6) is 0.845. The summed E-state index contributed by atoms with van der Waals surface area (Å²) in [6, 6.07) is 7.75. The van der Waals surface area contributed by atoms with Gasteiger partial charge in [-0.05, 0) is 24.1 Å². The van der Waals surface area contributed by atoms with Crippen molar-refractivity contribution >= 4 is 5.91 Å². The summed E-state index contributed by atoms with van der Waals surface area (Å²) in [7, 11) is 3.26. The van der Waals surface area contributed by atoms with Crippen LogP contribution in [0.2, 0.25) is 0 Å². The van der Waals surface area contributed by atoms with Crippen molar-refractivity contribution in [1.82, 2.24) is 5.32 Å². The molecule has 112 valence electrons. The molecular formula is C15H23NO4. The highest BCUT2D eigenvalue weighted by Gasteiger charge is 2.02. The first-order valence-electron chi connectivity index (χ1n) is 6.72. The van der Waals surface area contributed by atoms with Crippen LogP contribution >= 0.6 is 0 Å². The Morgan fingerprint density at radius 1 is 1.20 bits per heavy atom. The van der Waals surface area contributed by atoms with E-state index in [-0.39, 0.29) is 5.91 Å². The van der Waals surface area contributed by atoms with Gasteiger partial charge in [0.2, 0.25) is 5.91 Å². The Bertz CT molecular complexity index is 395. The zero-order valence-electron chi connectivity index (χ0n) is 12.2. The van der Waals surface area contributed by atoms with Gasteiger partial charge in [-0.2, -0.15) is 0 Å². The first kappa shape index (κ1) is 16.5. The minimum absolute atomic E-state index is 0.0307. The molecule has 1 N–H and O–H groups in total. The maximum absolute atomic E-state index is 11.6. The number of hydrogen-bond donors (Lipinski definition) is 1. The Labute approximate surface area is 120 Å². The average Bonchev–Trinajstić information content (AvgIpc) is 2.49. The zero-order chi connectivity index (χ0) is 14.6. The Balaban J connectivity index is 2.13. The van der Waals surface area contributed by atoms with Crippen LogP contribution in [0, 0.1) is 0 Å². The highest BCUT2D eigenvalue weighted by molar-refractivity contribution is 5.76. The molecule has 20 heavy (non-hydrogen) atoms. The van der Waals surface area contributed by atoms with Crippen molar-refractivity contribution in [3.8, 4) is 5.75 Å². The molecule has 1 aromatic rings. The van der Waals surface area contributed by atoms with Gasteiger partial charge in [-0.1, -0.05) is 12.1 Å². The first-order chi connectivity index (χ1) is 9.76. The van der Waals surface area contributed by atoms with E-state index in [4.69, 9.17) is 14.2 Å². The summed E-state index contributed by atoms with van der Waals surface area (Å²) in [4.78, 5) is 11.6. The average molecular weight is 281 g/mol. The quantitative estimate of drug-likeness (QED) is 0.659. The second kappa shape index (κ2) is 10.2. The van der Waals surface area contributed by atoms with Crippen molar-refractivity contribution in [2.24, 2.45) is 0 Å². The number of methoxy groups -OCH3 is 2. The largest absolute Gasteiger partial charge is 0.497 e. The number of carbonyl (C=O) groups excluding carboxylic acids is 1. The highest BCUT2D eigenvalue weighted by Crippen LogP contribution is 2.13. The number of nitrogens with one attached hydrogen (secondary N) is 1. The topological polar surface area (TPSA) is 56.8 Å². The molecule has 0 atom stereocenters. The normalized spacial score (nSPS) is 10.3. The van der Waals surface area contributed by atoms with Crippen LogP contribution in [0.1, 0.15) is 12.0 Å². The van der Waals surface area contributed by atoms with Crippen LogP contribution in [0.4, 0.5) is 0 Å². The lowest BCUT2D eigenvalue weighted by Gasteiger charge is -2.07. The Morgan fingerprint density at radius 2 is 2.05 bits per heavy atom. The molecule has 5 nitrogen and oxygen atoms in total. The highest BCUT2D eigenvalue weighted by atomic mass is 16.5. The van der Waals surface area contributed by atoms with Gasteiger partial charge in [-0.15, -0.1) is 0 Å². The maximum Gasteiger partial charge on any atom is 0.220 e. The summed E-state index contributed by atoms with van der Waals surface area (Å²) in [5.41, 5.74) is 1.09. The van der Waals surface area contributed by atoms with Gasteiger partial charge in [-0.3, -0.25) is 4.79 Å². The molecule has 0 heterocycles. The lowest BCUT2D eigenvalue weighted by Crippen LogP contribution is -2.27. The van der Waals surface area contributed by atoms with E-state index < -0.39 is 0 Å². The fraction of sp³-hybridized carbons (Fsp3) is 0.533. The van der Waals surface area contributed by atoms with Gasteiger partial charge >= 0.3 is 0 Å². The van der Waals surface area contributed by atoms with Gasteiger partial charge < -0.3 is 19.5 Å². The van der Waals surface area contributed by atoms with E-state index in [1.807, 2.05) is 24.3 Å². The fourth-order valence-electron chi connectivity index (χ4n) is 1.68. The molecular weight excluding hydrogens is 258 g/mol. The molecule has 0 spiro atoms. The van der Waals surface area contributed by atoms with Gasteiger partial charge in [0, 0.05) is 20.1 Å². The van der Waals surface area contributed by atoms with Crippen LogP contribution in [0.5, 0.6) is 5.75 Å². The van der Waals surface area contributed by atoms with Crippen LogP contribution in [-0.2, 0) is 20.7 Å². The van der Waals surface area contributed by atoms with E-state index in [0.29, 0.717) is 39.2 Å². The molecule has 0 aliphatic rings. The predicted molar refractivity (Wildman–Crippen MR) is 77.0 cm³/mol. The Morgan fingerprint density at radius 3 is 2.80 bits per heavy atom. The number of benzene rings is 1. The van der Waals surface area contributed by atoms with Gasteiger partial charge in [-0.25, -0.2) is 0 Å².